The van der Waals surface area contributed by atoms with Crippen molar-refractivity contribution in [3.05, 3.63) is 94.7 Å². The molecule has 1 spiro atoms. The van der Waals surface area contributed by atoms with Crippen LogP contribution in [0, 0.1) is 0 Å². The second-order valence-electron chi connectivity index (χ2n) is 7.92. The molecule has 0 radical (unpaired) electrons. The van der Waals surface area contributed by atoms with Crippen molar-refractivity contribution in [2.45, 2.75) is 19.4 Å². The maximum atomic E-state index is 13.6. The summed E-state index contributed by atoms with van der Waals surface area (Å²) in [4.78, 5) is 13.6. The molecule has 1 aromatic carbocycles. The average molecular weight is 402 g/mol. The van der Waals surface area contributed by atoms with Crippen LogP contribution in [-0.4, -0.2) is 36.9 Å². The molecule has 1 amide bonds. The second kappa shape index (κ2) is 7.86. The molecule has 2 aliphatic heterocycles. The van der Waals surface area contributed by atoms with Crippen LogP contribution in [0.4, 0.5) is 0 Å². The molecule has 30 heavy (non-hydrogen) atoms. The van der Waals surface area contributed by atoms with Crippen molar-refractivity contribution in [2.75, 3.05) is 26.5 Å². The van der Waals surface area contributed by atoms with E-state index in [1.54, 1.807) is 0 Å². The molecule has 1 aromatic rings. The fourth-order valence-electron chi connectivity index (χ4n) is 4.40. The first-order valence-electron chi connectivity index (χ1n) is 10.3. The third-order valence-corrected chi connectivity index (χ3v) is 5.92. The summed E-state index contributed by atoms with van der Waals surface area (Å²) in [5.41, 5.74) is 6.19. The lowest BCUT2D eigenvalue weighted by Crippen LogP contribution is -2.55. The molecule has 0 bridgehead atoms. The maximum absolute atomic E-state index is 13.6. The van der Waals surface area contributed by atoms with E-state index in [0.29, 0.717) is 19.6 Å². The molecule has 0 saturated heterocycles. The lowest BCUT2D eigenvalue weighted by molar-refractivity contribution is -0.858. The number of carbonyl (C=O) groups excluding carboxylic acids is 1. The molecule has 0 N–H and O–H groups in total. The molecule has 2 aliphatic carbocycles. The van der Waals surface area contributed by atoms with E-state index in [1.165, 1.54) is 0 Å². The zero-order chi connectivity index (χ0) is 20.4. The van der Waals surface area contributed by atoms with Crippen molar-refractivity contribution in [1.82, 2.24) is 0 Å². The first-order chi connectivity index (χ1) is 14.7. The van der Waals surface area contributed by atoms with Gasteiger partial charge in [0.05, 0.1) is 5.57 Å². The first-order valence-corrected chi connectivity index (χ1v) is 10.3. The van der Waals surface area contributed by atoms with Crippen molar-refractivity contribution < 1.29 is 23.5 Å². The minimum atomic E-state index is 0.0349. The molecule has 0 aromatic heterocycles. The van der Waals surface area contributed by atoms with Gasteiger partial charge < -0.3 is 14.2 Å². The Kier molecular flexibility index (Phi) is 4.91. The molecular formula is C25H24NO4+. The van der Waals surface area contributed by atoms with Gasteiger partial charge in [0.15, 0.2) is 0 Å². The van der Waals surface area contributed by atoms with Crippen molar-refractivity contribution in [2.24, 2.45) is 0 Å². The third kappa shape index (κ3) is 3.54. The minimum absolute atomic E-state index is 0.0349. The van der Waals surface area contributed by atoms with Crippen molar-refractivity contribution in [1.29, 1.82) is 0 Å². The van der Waals surface area contributed by atoms with E-state index >= 15 is 0 Å². The quantitative estimate of drug-likeness (QED) is 0.485. The van der Waals surface area contributed by atoms with Crippen LogP contribution in [0.3, 0.4) is 0 Å². The summed E-state index contributed by atoms with van der Waals surface area (Å²) in [6, 6.07) is 7.89. The molecular weight excluding hydrogens is 378 g/mol. The lowest BCUT2D eigenvalue weighted by Gasteiger charge is -2.37. The second-order valence-corrected chi connectivity index (χ2v) is 7.92. The van der Waals surface area contributed by atoms with E-state index in [0.717, 1.165) is 46.8 Å². The number of hydrogen-bond donors (Lipinski definition) is 0. The summed E-state index contributed by atoms with van der Waals surface area (Å²) >= 11 is 0. The van der Waals surface area contributed by atoms with Crippen LogP contribution in [-0.2, 0) is 20.8 Å². The van der Waals surface area contributed by atoms with Crippen LogP contribution in [0.25, 0.3) is 0 Å². The van der Waals surface area contributed by atoms with Crippen molar-refractivity contribution in [3.63, 3.8) is 0 Å². The molecule has 1 atom stereocenters. The zero-order valence-electron chi connectivity index (χ0n) is 16.8. The van der Waals surface area contributed by atoms with Gasteiger partial charge in [-0.25, -0.2) is 9.28 Å². The van der Waals surface area contributed by atoms with E-state index in [9.17, 15) is 4.79 Å². The number of ether oxygens (including phenoxy) is 3. The lowest BCUT2D eigenvalue weighted by atomic mass is 10.0. The van der Waals surface area contributed by atoms with Crippen molar-refractivity contribution >= 4 is 5.91 Å². The SMILES string of the molecule is O=C1COC2=C(C=C=CC=C2)C[N+]12CC1=CCCC=C1OCOc1ccccc1C2. The maximum Gasteiger partial charge on any atom is 0.352 e. The summed E-state index contributed by atoms with van der Waals surface area (Å²) in [7, 11) is 0. The van der Waals surface area contributed by atoms with Gasteiger partial charge in [0.25, 0.3) is 0 Å². The Labute approximate surface area is 176 Å². The van der Waals surface area contributed by atoms with Gasteiger partial charge >= 0.3 is 5.91 Å². The Bertz CT molecular complexity index is 1070. The van der Waals surface area contributed by atoms with Gasteiger partial charge in [0.1, 0.15) is 36.9 Å². The normalized spacial score (nSPS) is 25.4. The van der Waals surface area contributed by atoms with Crippen LogP contribution < -0.4 is 4.74 Å². The summed E-state index contributed by atoms with van der Waals surface area (Å²) in [5.74, 6) is 2.37. The summed E-state index contributed by atoms with van der Waals surface area (Å²) in [5, 5.41) is 0. The number of hydrogen-bond acceptors (Lipinski definition) is 4. The third-order valence-electron chi connectivity index (χ3n) is 5.92. The highest BCUT2D eigenvalue weighted by molar-refractivity contribution is 5.72. The topological polar surface area (TPSA) is 44.8 Å². The van der Waals surface area contributed by atoms with Gasteiger partial charge in [-0.15, -0.1) is 5.73 Å². The monoisotopic (exact) mass is 402 g/mol. The van der Waals surface area contributed by atoms with Crippen LogP contribution in [0.1, 0.15) is 18.4 Å². The van der Waals surface area contributed by atoms with Crippen molar-refractivity contribution in [3.8, 4) is 5.75 Å². The number of fused-ring (bicyclic) bond motifs is 2. The average Bonchev–Trinajstić information content (AvgIpc) is 3.04. The van der Waals surface area contributed by atoms with Gasteiger partial charge in [-0.05, 0) is 49.3 Å². The zero-order valence-corrected chi connectivity index (χ0v) is 16.8. The standard InChI is InChI=1S/C25H24NO4/c27-25-17-28-22-11-3-1-2-8-19(22)14-26(25)15-20-9-4-6-12-23(20)29-18-30-24-13-7-5-10-21(24)16-26/h1,3-4,6,8-13H,5,7,14-18H2/q+1. The minimum Gasteiger partial charge on any atom is -0.479 e. The number of nitrogens with zero attached hydrogens (tertiary/aromatic N) is 1. The van der Waals surface area contributed by atoms with E-state index in [4.69, 9.17) is 14.2 Å². The Morgan fingerprint density at radius 3 is 2.83 bits per heavy atom. The van der Waals surface area contributed by atoms with E-state index in [-0.39, 0.29) is 23.8 Å². The fourth-order valence-corrected chi connectivity index (χ4v) is 4.40. The summed E-state index contributed by atoms with van der Waals surface area (Å²) in [6.07, 6.45) is 13.8. The van der Waals surface area contributed by atoms with Crippen LogP contribution in [0.5, 0.6) is 5.75 Å². The van der Waals surface area contributed by atoms with E-state index in [1.807, 2.05) is 48.6 Å². The van der Waals surface area contributed by atoms with Crippen LogP contribution in [0.15, 0.2) is 89.1 Å². The van der Waals surface area contributed by atoms with Gasteiger partial charge in [-0.2, -0.15) is 0 Å². The Morgan fingerprint density at radius 1 is 0.967 bits per heavy atom. The number of amides is 1. The Morgan fingerprint density at radius 2 is 1.87 bits per heavy atom. The van der Waals surface area contributed by atoms with Crippen LogP contribution >= 0.6 is 0 Å². The van der Waals surface area contributed by atoms with E-state index < -0.39 is 0 Å². The van der Waals surface area contributed by atoms with Gasteiger partial charge in [-0.3, -0.25) is 0 Å². The number of carbonyl (C=O) groups is 1. The van der Waals surface area contributed by atoms with Gasteiger partial charge in [-0.1, -0.05) is 24.3 Å². The molecule has 2 heterocycles. The summed E-state index contributed by atoms with van der Waals surface area (Å²) < 4.78 is 18.1. The molecule has 0 saturated carbocycles. The Hall–Kier alpha value is -3.27. The molecule has 5 heteroatoms. The number of allylic oxidation sites excluding steroid dienone is 4. The first kappa shape index (κ1) is 18.7. The van der Waals surface area contributed by atoms with Gasteiger partial charge in [0, 0.05) is 11.1 Å². The molecule has 0 fully saturated rings. The predicted octanol–water partition coefficient (Wildman–Crippen LogP) is 4.07. The molecule has 1 unspecified atom stereocenters. The number of quaternary nitrogens is 1. The largest absolute Gasteiger partial charge is 0.479 e. The van der Waals surface area contributed by atoms with Crippen LogP contribution in [0.2, 0.25) is 0 Å². The molecule has 5 rings (SSSR count). The van der Waals surface area contributed by atoms with Gasteiger partial charge in [0.2, 0.25) is 13.4 Å². The molecule has 152 valence electrons. The summed E-state index contributed by atoms with van der Waals surface area (Å²) in [6.45, 7) is 1.80. The fraction of sp³-hybridized carbons (Fsp3) is 0.280. The molecule has 5 nitrogen and oxygen atoms in total. The van der Waals surface area contributed by atoms with E-state index in [2.05, 4.69) is 17.9 Å². The molecule has 4 aliphatic rings. The highest BCUT2D eigenvalue weighted by atomic mass is 16.7. The number of rotatable bonds is 0. The number of benzene rings is 1. The highest BCUT2D eigenvalue weighted by Gasteiger charge is 2.43. The highest BCUT2D eigenvalue weighted by Crippen LogP contribution is 2.34. The number of para-hydroxylation sites is 1. The smallest absolute Gasteiger partial charge is 0.352 e. The predicted molar refractivity (Wildman–Crippen MR) is 112 cm³/mol. The Balaban J connectivity index is 1.64.